The molecule has 1 aromatic carbocycles. The molecule has 4 aromatic rings. The van der Waals surface area contributed by atoms with Gasteiger partial charge >= 0.3 is 6.09 Å². The summed E-state index contributed by atoms with van der Waals surface area (Å²) in [6.45, 7) is 7.78. The van der Waals surface area contributed by atoms with Crippen molar-refractivity contribution in [2.45, 2.75) is 51.3 Å². The Bertz CT molecular complexity index is 1720. The summed E-state index contributed by atoms with van der Waals surface area (Å²) in [5.41, 5.74) is 0.508. The van der Waals surface area contributed by atoms with Crippen LogP contribution in [0.3, 0.4) is 0 Å². The van der Waals surface area contributed by atoms with Crippen molar-refractivity contribution in [2.24, 2.45) is 0 Å². The lowest BCUT2D eigenvalue weighted by Gasteiger charge is -2.22. The number of nitrogens with one attached hydrogen (secondary N) is 1. The Kier molecular flexibility index (Phi) is 6.85. The van der Waals surface area contributed by atoms with Crippen LogP contribution in [0.1, 0.15) is 44.0 Å². The molecule has 0 radical (unpaired) electrons. The fraction of sp³-hybridized carbons (Fsp3) is 0.483. The largest absolute Gasteiger partial charge is 0.444 e. The van der Waals surface area contributed by atoms with Crippen molar-refractivity contribution in [1.29, 1.82) is 0 Å². The van der Waals surface area contributed by atoms with Gasteiger partial charge in [0.25, 0.3) is 5.91 Å². The minimum Gasteiger partial charge on any atom is -0.444 e. The summed E-state index contributed by atoms with van der Waals surface area (Å²) in [6, 6.07) is 8.00. The Balaban J connectivity index is 1.39. The molecule has 0 spiro atoms. The number of nitrogens with zero attached hydrogens (tertiary/aromatic N) is 6. The summed E-state index contributed by atoms with van der Waals surface area (Å²) in [5.74, 6) is 0.229. The highest BCUT2D eigenvalue weighted by atomic mass is 32.1. The molecule has 12 heteroatoms. The van der Waals surface area contributed by atoms with E-state index in [4.69, 9.17) is 9.72 Å². The molecule has 2 saturated heterocycles. The van der Waals surface area contributed by atoms with Gasteiger partial charge in [-0.15, -0.1) is 11.3 Å². The van der Waals surface area contributed by atoms with Gasteiger partial charge in [-0.1, -0.05) is 12.1 Å². The van der Waals surface area contributed by atoms with Gasteiger partial charge in [0.2, 0.25) is 11.4 Å². The van der Waals surface area contributed by atoms with Gasteiger partial charge in [0.05, 0.1) is 21.6 Å². The first kappa shape index (κ1) is 27.4. The monoisotopic (exact) mass is 577 g/mol. The molecular weight excluding hydrogens is 542 g/mol. The molecule has 1 N–H and O–H groups in total. The first-order valence-electron chi connectivity index (χ1n) is 13.9. The second-order valence-corrected chi connectivity index (χ2v) is 13.1. The standard InChI is InChI=1S/C29H35N7O4S/c1-29(2,3)40-28(39)31-17-10-12-34(15-17)25(38)22-23(37)19-14-30-27(35-13-11-18(16-35)33(4)5)32-24(19)36-20-8-6-7-9-21(20)41-26(22)36/h6-9,14,17-18H,10-13,15-16H2,1-5H3,(H,31,39). The lowest BCUT2D eigenvalue weighted by atomic mass is 10.2. The molecule has 2 fully saturated rings. The third-order valence-electron chi connectivity index (χ3n) is 7.76. The molecule has 2 aliphatic rings. The van der Waals surface area contributed by atoms with Crippen molar-refractivity contribution in [3.05, 3.63) is 46.2 Å². The Morgan fingerprint density at radius 1 is 1.12 bits per heavy atom. The molecule has 6 rings (SSSR count). The van der Waals surface area contributed by atoms with E-state index in [1.54, 1.807) is 31.9 Å². The number of rotatable bonds is 4. The molecule has 5 heterocycles. The molecule has 0 bridgehead atoms. The van der Waals surface area contributed by atoms with E-state index in [9.17, 15) is 14.4 Å². The van der Waals surface area contributed by atoms with Gasteiger partial charge in [-0.25, -0.2) is 9.78 Å². The van der Waals surface area contributed by atoms with Crippen LogP contribution in [0, 0.1) is 0 Å². The van der Waals surface area contributed by atoms with E-state index in [1.807, 2.05) is 28.7 Å². The van der Waals surface area contributed by atoms with Crippen LogP contribution in [0.4, 0.5) is 10.7 Å². The number of likely N-dealkylation sites (tertiary alicyclic amines) is 1. The van der Waals surface area contributed by atoms with E-state index in [-0.39, 0.29) is 22.9 Å². The Morgan fingerprint density at radius 2 is 1.90 bits per heavy atom. The lowest BCUT2D eigenvalue weighted by Crippen LogP contribution is -2.41. The van der Waals surface area contributed by atoms with Crippen molar-refractivity contribution in [3.8, 4) is 0 Å². The number of thiazole rings is 1. The van der Waals surface area contributed by atoms with Gasteiger partial charge in [-0.05, 0) is 59.8 Å². The third kappa shape index (κ3) is 5.10. The number of likely N-dealkylation sites (N-methyl/N-ethyl adjacent to an activating group) is 1. The van der Waals surface area contributed by atoms with Gasteiger partial charge in [0.15, 0.2) is 5.65 Å². The number of hydrogen-bond donors (Lipinski definition) is 1. The number of aromatic nitrogens is 3. The number of anilines is 1. The number of hydrogen-bond acceptors (Lipinski definition) is 9. The molecule has 3 aromatic heterocycles. The topological polar surface area (TPSA) is 112 Å². The number of pyridine rings is 1. The van der Waals surface area contributed by atoms with Crippen molar-refractivity contribution in [2.75, 3.05) is 45.2 Å². The average molecular weight is 578 g/mol. The minimum atomic E-state index is -0.616. The van der Waals surface area contributed by atoms with Crippen LogP contribution in [0.5, 0.6) is 0 Å². The summed E-state index contributed by atoms with van der Waals surface area (Å²) in [7, 11) is 4.15. The third-order valence-corrected chi connectivity index (χ3v) is 8.90. The van der Waals surface area contributed by atoms with E-state index in [1.165, 1.54) is 11.3 Å². The molecule has 2 amide bonds. The maximum atomic E-state index is 14.0. The molecule has 0 saturated carbocycles. The number of benzene rings is 1. The normalized spacial score (nSPS) is 19.7. The zero-order chi connectivity index (χ0) is 29.1. The molecule has 2 aliphatic heterocycles. The first-order valence-corrected chi connectivity index (χ1v) is 14.7. The SMILES string of the molecule is CN(C)C1CCN(c2ncc3c(=O)c(C(=O)N4CCC(NC(=O)OC(C)(C)C)C4)c4sc5ccccc5n4c3n2)C1. The summed E-state index contributed by atoms with van der Waals surface area (Å²) >= 11 is 1.41. The van der Waals surface area contributed by atoms with Gasteiger partial charge < -0.3 is 24.8 Å². The summed E-state index contributed by atoms with van der Waals surface area (Å²) < 4.78 is 8.26. The smallest absolute Gasteiger partial charge is 0.407 e. The van der Waals surface area contributed by atoms with E-state index in [0.29, 0.717) is 47.4 Å². The van der Waals surface area contributed by atoms with Gasteiger partial charge in [0.1, 0.15) is 16.0 Å². The number of ether oxygens (including phenoxy) is 1. The Hall–Kier alpha value is -3.77. The van der Waals surface area contributed by atoms with Crippen molar-refractivity contribution >= 4 is 55.4 Å². The number of para-hydroxylation sites is 1. The number of amides is 2. The van der Waals surface area contributed by atoms with Crippen LogP contribution in [0.2, 0.25) is 0 Å². The minimum absolute atomic E-state index is 0.113. The highest BCUT2D eigenvalue weighted by Gasteiger charge is 2.33. The average Bonchev–Trinajstić information content (AvgIpc) is 3.66. The molecular formula is C29H35N7O4S. The van der Waals surface area contributed by atoms with Gasteiger partial charge in [-0.3, -0.25) is 14.0 Å². The number of alkyl carbamates (subject to hydrolysis) is 1. The van der Waals surface area contributed by atoms with Crippen molar-refractivity contribution < 1.29 is 14.3 Å². The van der Waals surface area contributed by atoms with Crippen LogP contribution < -0.4 is 15.6 Å². The number of fused-ring (bicyclic) bond motifs is 5. The van der Waals surface area contributed by atoms with Gasteiger partial charge in [0, 0.05) is 38.4 Å². The maximum Gasteiger partial charge on any atom is 0.407 e. The fourth-order valence-electron chi connectivity index (χ4n) is 5.67. The van der Waals surface area contributed by atoms with Crippen LogP contribution in [0.15, 0.2) is 35.3 Å². The van der Waals surface area contributed by atoms with Crippen LogP contribution in [0.25, 0.3) is 26.1 Å². The van der Waals surface area contributed by atoms with Crippen LogP contribution >= 0.6 is 11.3 Å². The van der Waals surface area contributed by atoms with E-state index in [2.05, 4.69) is 34.2 Å². The summed E-state index contributed by atoms with van der Waals surface area (Å²) in [5, 5.41) is 3.16. The van der Waals surface area contributed by atoms with E-state index >= 15 is 0 Å². The van der Waals surface area contributed by atoms with Gasteiger partial charge in [-0.2, -0.15) is 4.98 Å². The zero-order valence-corrected chi connectivity index (χ0v) is 24.8. The molecule has 2 atom stereocenters. The number of carbonyl (C=O) groups is 2. The molecule has 2 unspecified atom stereocenters. The summed E-state index contributed by atoms with van der Waals surface area (Å²) in [6.07, 6.45) is 2.64. The maximum absolute atomic E-state index is 14.0. The summed E-state index contributed by atoms with van der Waals surface area (Å²) in [4.78, 5) is 56.3. The van der Waals surface area contributed by atoms with E-state index in [0.717, 1.165) is 29.7 Å². The van der Waals surface area contributed by atoms with Crippen molar-refractivity contribution in [3.63, 3.8) is 0 Å². The Labute approximate surface area is 241 Å². The van der Waals surface area contributed by atoms with Crippen molar-refractivity contribution in [1.82, 2.24) is 29.5 Å². The Morgan fingerprint density at radius 3 is 2.63 bits per heavy atom. The molecule has 0 aliphatic carbocycles. The predicted molar refractivity (Wildman–Crippen MR) is 160 cm³/mol. The predicted octanol–water partition coefficient (Wildman–Crippen LogP) is 3.34. The highest BCUT2D eigenvalue weighted by molar-refractivity contribution is 7.24. The zero-order valence-electron chi connectivity index (χ0n) is 24.0. The van der Waals surface area contributed by atoms with Crippen LogP contribution in [-0.4, -0.2) is 94.1 Å². The quantitative estimate of drug-likeness (QED) is 0.393. The lowest BCUT2D eigenvalue weighted by molar-refractivity contribution is 0.0502. The second-order valence-electron chi connectivity index (χ2n) is 12.1. The fourth-order valence-corrected chi connectivity index (χ4v) is 6.84. The first-order chi connectivity index (χ1) is 19.5. The highest BCUT2D eigenvalue weighted by Crippen LogP contribution is 2.32. The number of carbonyl (C=O) groups excluding carboxylic acids is 2. The second kappa shape index (κ2) is 10.3. The molecule has 41 heavy (non-hydrogen) atoms. The molecule has 11 nitrogen and oxygen atoms in total. The van der Waals surface area contributed by atoms with Crippen LogP contribution in [-0.2, 0) is 4.74 Å². The van der Waals surface area contributed by atoms with E-state index < -0.39 is 11.7 Å². The molecule has 216 valence electrons.